The first-order valence-electron chi connectivity index (χ1n) is 9.19. The Morgan fingerprint density at radius 1 is 1.00 bits per heavy atom. The number of hydrogen-bond acceptors (Lipinski definition) is 5. The molecule has 0 aliphatic heterocycles. The summed E-state index contributed by atoms with van der Waals surface area (Å²) in [5.41, 5.74) is 3.30. The number of ether oxygens (including phenoxy) is 2. The molecule has 1 heterocycles. The number of rotatable bonds is 5. The van der Waals surface area contributed by atoms with Gasteiger partial charge in [-0.15, -0.1) is 12.4 Å². The Bertz CT molecular complexity index is 1240. The van der Waals surface area contributed by atoms with Crippen molar-refractivity contribution in [3.63, 3.8) is 0 Å². The predicted octanol–water partition coefficient (Wildman–Crippen LogP) is 5.28. The molecule has 0 unspecified atom stereocenters. The number of carbonyl (C=O) groups is 1. The van der Waals surface area contributed by atoms with E-state index >= 15 is 0 Å². The number of aromatic nitrogens is 2. The number of hydrogen-bond donors (Lipinski definition) is 1. The molecule has 0 fully saturated rings. The van der Waals surface area contributed by atoms with Gasteiger partial charge in [0.05, 0.1) is 29.3 Å². The fourth-order valence-corrected chi connectivity index (χ4v) is 2.93. The maximum atomic E-state index is 12.3. The van der Waals surface area contributed by atoms with Crippen LogP contribution in [0.2, 0.25) is 0 Å². The second-order valence-corrected chi connectivity index (χ2v) is 6.46. The van der Waals surface area contributed by atoms with Gasteiger partial charge in [0.15, 0.2) is 0 Å². The fraction of sp³-hybridized carbons (Fsp3) is 0.0417. The first-order chi connectivity index (χ1) is 14.7. The lowest BCUT2D eigenvalue weighted by Crippen LogP contribution is -2.08. The number of nitrogens with zero attached hydrogens (tertiary/aromatic N) is 2. The van der Waals surface area contributed by atoms with E-state index in [1.807, 2.05) is 24.3 Å². The third-order valence-corrected chi connectivity index (χ3v) is 4.49. The van der Waals surface area contributed by atoms with E-state index in [4.69, 9.17) is 9.47 Å². The lowest BCUT2D eigenvalue weighted by molar-refractivity contribution is 0.0734. The lowest BCUT2D eigenvalue weighted by atomic mass is 10.1. The van der Waals surface area contributed by atoms with Crippen LogP contribution in [0.15, 0.2) is 72.8 Å². The highest BCUT2D eigenvalue weighted by molar-refractivity contribution is 5.92. The molecule has 7 heteroatoms. The highest BCUT2D eigenvalue weighted by Crippen LogP contribution is 2.21. The zero-order valence-electron chi connectivity index (χ0n) is 16.5. The Balaban J connectivity index is 0.00000272. The molecule has 0 aliphatic carbocycles. The molecule has 0 radical (unpaired) electrons. The fourth-order valence-electron chi connectivity index (χ4n) is 2.93. The molecular formula is C24H18ClN3O3. The van der Waals surface area contributed by atoms with Crippen molar-refractivity contribution in [2.24, 2.45) is 0 Å². The Kier molecular flexibility index (Phi) is 6.71. The van der Waals surface area contributed by atoms with Crippen LogP contribution in [0.5, 0.6) is 11.5 Å². The van der Waals surface area contributed by atoms with Gasteiger partial charge >= 0.3 is 5.97 Å². The van der Waals surface area contributed by atoms with Gasteiger partial charge < -0.3 is 14.5 Å². The van der Waals surface area contributed by atoms with Crippen LogP contribution in [-0.2, 0) is 0 Å². The quantitative estimate of drug-likeness (QED) is 0.264. The van der Waals surface area contributed by atoms with Crippen molar-refractivity contribution < 1.29 is 14.3 Å². The van der Waals surface area contributed by atoms with E-state index < -0.39 is 5.97 Å². The molecule has 1 N–H and O–H groups in total. The second kappa shape index (κ2) is 9.61. The van der Waals surface area contributed by atoms with Crippen molar-refractivity contribution in [1.82, 2.24) is 9.97 Å². The van der Waals surface area contributed by atoms with E-state index in [9.17, 15) is 10.1 Å². The second-order valence-electron chi connectivity index (χ2n) is 6.46. The van der Waals surface area contributed by atoms with Crippen LogP contribution >= 0.6 is 12.4 Å². The van der Waals surface area contributed by atoms with Crippen molar-refractivity contribution >= 4 is 41.1 Å². The van der Waals surface area contributed by atoms with Gasteiger partial charge in [0.25, 0.3) is 0 Å². The summed E-state index contributed by atoms with van der Waals surface area (Å²) in [6.45, 7) is 0. The average Bonchev–Trinajstić information content (AvgIpc) is 3.22. The highest BCUT2D eigenvalue weighted by atomic mass is 35.5. The Morgan fingerprint density at radius 2 is 1.68 bits per heavy atom. The molecular weight excluding hydrogens is 414 g/mol. The maximum absolute atomic E-state index is 12.3. The first-order valence-corrected chi connectivity index (χ1v) is 9.19. The molecule has 0 aliphatic rings. The van der Waals surface area contributed by atoms with Gasteiger partial charge in [-0.3, -0.25) is 0 Å². The van der Waals surface area contributed by atoms with Gasteiger partial charge in [-0.1, -0.05) is 24.3 Å². The molecule has 0 amide bonds. The average molecular weight is 432 g/mol. The normalized spacial score (nSPS) is 10.8. The van der Waals surface area contributed by atoms with Gasteiger partial charge in [0, 0.05) is 0 Å². The number of nitrogens with one attached hydrogen (secondary N) is 1. The molecule has 6 nitrogen and oxygen atoms in total. The monoisotopic (exact) mass is 431 g/mol. The zero-order valence-corrected chi connectivity index (χ0v) is 17.3. The maximum Gasteiger partial charge on any atom is 0.343 e. The highest BCUT2D eigenvalue weighted by Gasteiger charge is 2.10. The molecule has 1 aromatic heterocycles. The predicted molar refractivity (Wildman–Crippen MR) is 121 cm³/mol. The summed E-state index contributed by atoms with van der Waals surface area (Å²) < 4.78 is 10.5. The third kappa shape index (κ3) is 4.92. The third-order valence-electron chi connectivity index (χ3n) is 4.49. The molecule has 0 saturated heterocycles. The number of imidazole rings is 1. The van der Waals surface area contributed by atoms with E-state index in [1.54, 1.807) is 61.7 Å². The molecule has 0 saturated carbocycles. The summed E-state index contributed by atoms with van der Waals surface area (Å²) in [6, 6.07) is 23.4. The summed E-state index contributed by atoms with van der Waals surface area (Å²) in [5, 5.41) is 9.55. The Labute approximate surface area is 185 Å². The number of carbonyl (C=O) groups excluding carboxylic acids is 1. The van der Waals surface area contributed by atoms with Crippen LogP contribution in [0.3, 0.4) is 0 Å². The first kappa shape index (κ1) is 21.6. The molecule has 154 valence electrons. The van der Waals surface area contributed by atoms with E-state index in [0.29, 0.717) is 28.5 Å². The van der Waals surface area contributed by atoms with Gasteiger partial charge in [-0.25, -0.2) is 9.78 Å². The standard InChI is InChI=1S/C24H17N3O3.ClH/c1-29-19-12-8-17(9-13-19)24(28)30-20-10-6-16(7-11-20)14-18(15-25)23-26-21-4-2-3-5-22(21)27-23;/h2-14H,1H3,(H,26,27);1H/b18-14+;. The number of halogens is 1. The van der Waals surface area contributed by atoms with Gasteiger partial charge in [0.1, 0.15) is 23.4 Å². The van der Waals surface area contributed by atoms with E-state index in [2.05, 4.69) is 16.0 Å². The van der Waals surface area contributed by atoms with Crippen LogP contribution in [0, 0.1) is 11.3 Å². The largest absolute Gasteiger partial charge is 0.497 e. The number of benzene rings is 3. The zero-order chi connectivity index (χ0) is 20.9. The summed E-state index contributed by atoms with van der Waals surface area (Å²) in [6.07, 6.45) is 1.73. The molecule has 4 aromatic rings. The van der Waals surface area contributed by atoms with Crippen LogP contribution in [0.1, 0.15) is 21.7 Å². The number of methoxy groups -OCH3 is 1. The number of esters is 1. The van der Waals surface area contributed by atoms with E-state index in [0.717, 1.165) is 16.6 Å². The number of fused-ring (bicyclic) bond motifs is 1. The molecule has 0 spiro atoms. The van der Waals surface area contributed by atoms with Gasteiger partial charge in [-0.2, -0.15) is 5.26 Å². The molecule has 3 aromatic carbocycles. The van der Waals surface area contributed by atoms with Crippen molar-refractivity contribution in [2.45, 2.75) is 0 Å². The van der Waals surface area contributed by atoms with E-state index in [1.165, 1.54) is 0 Å². The van der Waals surface area contributed by atoms with Crippen LogP contribution in [-0.4, -0.2) is 23.0 Å². The SMILES string of the molecule is COc1ccc(C(=O)Oc2ccc(/C=C(\C#N)c3nc4ccccc4[nH]3)cc2)cc1.Cl. The Morgan fingerprint density at radius 3 is 2.32 bits per heavy atom. The summed E-state index contributed by atoms with van der Waals surface area (Å²) in [5.74, 6) is 1.13. The summed E-state index contributed by atoms with van der Waals surface area (Å²) >= 11 is 0. The summed E-state index contributed by atoms with van der Waals surface area (Å²) in [4.78, 5) is 19.9. The minimum absolute atomic E-state index is 0. The number of aromatic amines is 1. The number of allylic oxidation sites excluding steroid dienone is 1. The number of H-pyrrole nitrogens is 1. The smallest absolute Gasteiger partial charge is 0.343 e. The van der Waals surface area contributed by atoms with Crippen molar-refractivity contribution in [3.8, 4) is 17.6 Å². The number of nitriles is 1. The van der Waals surface area contributed by atoms with Crippen molar-refractivity contribution in [1.29, 1.82) is 5.26 Å². The van der Waals surface area contributed by atoms with Crippen LogP contribution < -0.4 is 9.47 Å². The van der Waals surface area contributed by atoms with Crippen LogP contribution in [0.4, 0.5) is 0 Å². The molecule has 0 atom stereocenters. The van der Waals surface area contributed by atoms with E-state index in [-0.39, 0.29) is 12.4 Å². The van der Waals surface area contributed by atoms with Gasteiger partial charge in [0.2, 0.25) is 0 Å². The number of para-hydroxylation sites is 2. The van der Waals surface area contributed by atoms with Crippen molar-refractivity contribution in [2.75, 3.05) is 7.11 Å². The topological polar surface area (TPSA) is 88.0 Å². The Hall–Kier alpha value is -4.08. The molecule has 4 rings (SSSR count). The lowest BCUT2D eigenvalue weighted by Gasteiger charge is -2.06. The van der Waals surface area contributed by atoms with Gasteiger partial charge in [-0.05, 0) is 60.2 Å². The van der Waals surface area contributed by atoms with Crippen LogP contribution in [0.25, 0.3) is 22.7 Å². The minimum atomic E-state index is -0.457. The van der Waals surface area contributed by atoms with Crippen molar-refractivity contribution in [3.05, 3.63) is 89.7 Å². The molecule has 0 bridgehead atoms. The minimum Gasteiger partial charge on any atom is -0.497 e. The summed E-state index contributed by atoms with van der Waals surface area (Å²) in [7, 11) is 1.56. The molecule has 31 heavy (non-hydrogen) atoms.